The highest BCUT2D eigenvalue weighted by molar-refractivity contribution is 7.99. The van der Waals surface area contributed by atoms with Crippen LogP contribution < -0.4 is 5.32 Å². The Balaban J connectivity index is 2.23. The summed E-state index contributed by atoms with van der Waals surface area (Å²) in [5.74, 6) is 0.985. The van der Waals surface area contributed by atoms with Gasteiger partial charge in [-0.3, -0.25) is 5.10 Å². The maximum Gasteiger partial charge on any atom is 0.183 e. The number of hydrogen-bond acceptors (Lipinski definition) is 5. The van der Waals surface area contributed by atoms with E-state index >= 15 is 0 Å². The number of aliphatic hydroxyl groups is 1. The molecule has 0 fully saturated rings. The summed E-state index contributed by atoms with van der Waals surface area (Å²) >= 11 is 1.66. The van der Waals surface area contributed by atoms with Crippen LogP contribution in [0.25, 0.3) is 0 Å². The Labute approximate surface area is 100 Å². The van der Waals surface area contributed by atoms with E-state index in [4.69, 9.17) is 0 Å². The standard InChI is InChI=1S/C10H20N4OS/c1-3-10(7-15,11-2)5-4-6-16-9-12-8-13-14-9/h8,11,15H,3-7H2,1-2H3,(H,12,13,14). The third-order valence-corrected chi connectivity index (χ3v) is 3.90. The molecular weight excluding hydrogens is 224 g/mol. The van der Waals surface area contributed by atoms with Crippen molar-refractivity contribution in [3.63, 3.8) is 0 Å². The van der Waals surface area contributed by atoms with Gasteiger partial charge in [0.25, 0.3) is 0 Å². The van der Waals surface area contributed by atoms with Gasteiger partial charge in [0.05, 0.1) is 6.61 Å². The lowest BCUT2D eigenvalue weighted by atomic mass is 9.92. The van der Waals surface area contributed by atoms with Crippen LogP contribution in [-0.4, -0.2) is 45.2 Å². The van der Waals surface area contributed by atoms with Crippen molar-refractivity contribution < 1.29 is 5.11 Å². The molecule has 0 bridgehead atoms. The molecule has 6 heteroatoms. The zero-order valence-electron chi connectivity index (χ0n) is 9.86. The highest BCUT2D eigenvalue weighted by atomic mass is 32.2. The first kappa shape index (κ1) is 13.5. The van der Waals surface area contributed by atoms with Crippen LogP contribution in [0, 0.1) is 0 Å². The number of nitrogens with zero attached hydrogens (tertiary/aromatic N) is 2. The zero-order chi connectivity index (χ0) is 11.9. The van der Waals surface area contributed by atoms with Gasteiger partial charge in [0.1, 0.15) is 6.33 Å². The van der Waals surface area contributed by atoms with Gasteiger partial charge >= 0.3 is 0 Å². The highest BCUT2D eigenvalue weighted by Gasteiger charge is 2.24. The Morgan fingerprint density at radius 1 is 1.62 bits per heavy atom. The molecular formula is C10H20N4OS. The number of H-pyrrole nitrogens is 1. The summed E-state index contributed by atoms with van der Waals surface area (Å²) < 4.78 is 0. The van der Waals surface area contributed by atoms with Crippen molar-refractivity contribution in [2.24, 2.45) is 0 Å². The van der Waals surface area contributed by atoms with E-state index in [1.165, 1.54) is 6.33 Å². The van der Waals surface area contributed by atoms with Crippen molar-refractivity contribution >= 4 is 11.8 Å². The number of hydrogen-bond donors (Lipinski definition) is 3. The third kappa shape index (κ3) is 3.77. The fourth-order valence-electron chi connectivity index (χ4n) is 1.59. The van der Waals surface area contributed by atoms with Crippen molar-refractivity contribution in [3.8, 4) is 0 Å². The fourth-order valence-corrected chi connectivity index (χ4v) is 2.31. The Hall–Kier alpha value is -0.590. The SMILES string of the molecule is CCC(CO)(CCCSc1ncn[nH]1)NC. The van der Waals surface area contributed by atoms with Crippen molar-refractivity contribution in [1.29, 1.82) is 0 Å². The maximum absolute atomic E-state index is 9.36. The predicted molar refractivity (Wildman–Crippen MR) is 65.5 cm³/mol. The summed E-state index contributed by atoms with van der Waals surface area (Å²) in [4.78, 5) is 4.04. The molecule has 0 aliphatic carbocycles. The van der Waals surface area contributed by atoms with Crippen LogP contribution in [0.3, 0.4) is 0 Å². The van der Waals surface area contributed by atoms with Gasteiger partial charge in [-0.05, 0) is 26.3 Å². The van der Waals surface area contributed by atoms with Gasteiger partial charge in [-0.25, -0.2) is 4.98 Å². The number of rotatable bonds is 8. The van der Waals surface area contributed by atoms with E-state index in [-0.39, 0.29) is 12.1 Å². The molecule has 0 saturated carbocycles. The summed E-state index contributed by atoms with van der Waals surface area (Å²) in [7, 11) is 1.91. The second-order valence-electron chi connectivity index (χ2n) is 3.78. The number of aromatic nitrogens is 3. The molecule has 5 nitrogen and oxygen atoms in total. The Morgan fingerprint density at radius 3 is 2.94 bits per heavy atom. The molecule has 0 aliphatic rings. The van der Waals surface area contributed by atoms with Crippen LogP contribution in [-0.2, 0) is 0 Å². The van der Waals surface area contributed by atoms with Crippen LogP contribution >= 0.6 is 11.8 Å². The molecule has 0 saturated heterocycles. The molecule has 1 heterocycles. The number of nitrogens with one attached hydrogen (secondary N) is 2. The van der Waals surface area contributed by atoms with Gasteiger partial charge in [0.2, 0.25) is 0 Å². The topological polar surface area (TPSA) is 73.8 Å². The summed E-state index contributed by atoms with van der Waals surface area (Å²) in [6, 6.07) is 0. The number of thioether (sulfide) groups is 1. The molecule has 1 rings (SSSR count). The monoisotopic (exact) mass is 244 g/mol. The first-order valence-electron chi connectivity index (χ1n) is 5.54. The molecule has 92 valence electrons. The largest absolute Gasteiger partial charge is 0.394 e. The first-order valence-corrected chi connectivity index (χ1v) is 6.53. The fraction of sp³-hybridized carbons (Fsp3) is 0.800. The zero-order valence-corrected chi connectivity index (χ0v) is 10.7. The quantitative estimate of drug-likeness (QED) is 0.470. The van der Waals surface area contributed by atoms with Crippen LogP contribution in [0.2, 0.25) is 0 Å². The molecule has 1 atom stereocenters. The highest BCUT2D eigenvalue weighted by Crippen LogP contribution is 2.20. The minimum absolute atomic E-state index is 0.123. The lowest BCUT2D eigenvalue weighted by molar-refractivity contribution is 0.154. The van der Waals surface area contributed by atoms with Crippen LogP contribution in [0.1, 0.15) is 26.2 Å². The van der Waals surface area contributed by atoms with E-state index in [1.54, 1.807) is 11.8 Å². The number of aliphatic hydroxyl groups excluding tert-OH is 1. The molecule has 0 aromatic carbocycles. The third-order valence-electron chi connectivity index (χ3n) is 2.94. The minimum Gasteiger partial charge on any atom is -0.394 e. The predicted octanol–water partition coefficient (Wildman–Crippen LogP) is 1.04. The summed E-state index contributed by atoms with van der Waals surface area (Å²) in [5, 5.41) is 20.0. The van der Waals surface area contributed by atoms with E-state index in [0.717, 1.165) is 30.2 Å². The molecule has 1 aromatic heterocycles. The smallest absolute Gasteiger partial charge is 0.183 e. The molecule has 0 spiro atoms. The number of aromatic amines is 1. The second kappa shape index (κ2) is 6.88. The van der Waals surface area contributed by atoms with Gasteiger partial charge in [-0.1, -0.05) is 18.7 Å². The maximum atomic E-state index is 9.36. The van der Waals surface area contributed by atoms with E-state index < -0.39 is 0 Å². The van der Waals surface area contributed by atoms with E-state index in [1.807, 2.05) is 7.05 Å². The first-order chi connectivity index (χ1) is 7.76. The summed E-state index contributed by atoms with van der Waals surface area (Å²) in [6.45, 7) is 2.28. The van der Waals surface area contributed by atoms with Gasteiger partial charge in [-0.2, -0.15) is 5.10 Å². The van der Waals surface area contributed by atoms with E-state index in [9.17, 15) is 5.11 Å². The van der Waals surface area contributed by atoms with Crippen molar-refractivity contribution in [2.45, 2.75) is 36.9 Å². The van der Waals surface area contributed by atoms with Crippen molar-refractivity contribution in [3.05, 3.63) is 6.33 Å². The molecule has 1 aromatic rings. The van der Waals surface area contributed by atoms with Gasteiger partial charge in [-0.15, -0.1) is 0 Å². The Kier molecular flexibility index (Phi) is 5.79. The molecule has 3 N–H and O–H groups in total. The van der Waals surface area contributed by atoms with E-state index in [2.05, 4.69) is 27.4 Å². The van der Waals surface area contributed by atoms with Crippen LogP contribution in [0.4, 0.5) is 0 Å². The lowest BCUT2D eigenvalue weighted by Gasteiger charge is -2.30. The van der Waals surface area contributed by atoms with Crippen LogP contribution in [0.15, 0.2) is 11.5 Å². The Bertz CT molecular complexity index is 266. The molecule has 0 radical (unpaired) electrons. The normalized spacial score (nSPS) is 14.9. The summed E-state index contributed by atoms with van der Waals surface area (Å²) in [5.41, 5.74) is -0.123. The van der Waals surface area contributed by atoms with Gasteiger partial charge < -0.3 is 10.4 Å². The second-order valence-corrected chi connectivity index (χ2v) is 4.87. The lowest BCUT2D eigenvalue weighted by Crippen LogP contribution is -2.45. The molecule has 1 unspecified atom stereocenters. The minimum atomic E-state index is -0.123. The van der Waals surface area contributed by atoms with Gasteiger partial charge in [0, 0.05) is 11.3 Å². The van der Waals surface area contributed by atoms with Crippen LogP contribution in [0.5, 0.6) is 0 Å². The average Bonchev–Trinajstić information content (AvgIpc) is 2.83. The molecule has 0 aliphatic heterocycles. The molecule has 0 amide bonds. The Morgan fingerprint density at radius 2 is 2.44 bits per heavy atom. The van der Waals surface area contributed by atoms with Gasteiger partial charge in [0.15, 0.2) is 5.16 Å². The average molecular weight is 244 g/mol. The summed E-state index contributed by atoms with van der Waals surface area (Å²) in [6.07, 6.45) is 4.46. The van der Waals surface area contributed by atoms with Crippen molar-refractivity contribution in [2.75, 3.05) is 19.4 Å². The number of likely N-dealkylation sites (N-methyl/N-ethyl adjacent to an activating group) is 1. The van der Waals surface area contributed by atoms with E-state index in [0.29, 0.717) is 0 Å². The van der Waals surface area contributed by atoms with Crippen molar-refractivity contribution in [1.82, 2.24) is 20.5 Å². The molecule has 16 heavy (non-hydrogen) atoms.